The van der Waals surface area contributed by atoms with E-state index in [2.05, 4.69) is 17.6 Å². The zero-order valence-corrected chi connectivity index (χ0v) is 14.0. The van der Waals surface area contributed by atoms with Crippen molar-refractivity contribution in [3.63, 3.8) is 0 Å². The van der Waals surface area contributed by atoms with Gasteiger partial charge < -0.3 is 20.6 Å². The molecule has 2 heterocycles. The van der Waals surface area contributed by atoms with Crippen LogP contribution in [0.1, 0.15) is 18.9 Å². The lowest BCUT2D eigenvalue weighted by Crippen LogP contribution is -2.38. The summed E-state index contributed by atoms with van der Waals surface area (Å²) in [5.74, 6) is -0.393. The Morgan fingerprint density at radius 2 is 2.08 bits per heavy atom. The fourth-order valence-corrected chi connectivity index (χ4v) is 3.35. The number of carbonyl (C=O) groups excluding carboxylic acids is 2. The third-order valence-electron chi connectivity index (χ3n) is 4.99. The number of benzene rings is 1. The van der Waals surface area contributed by atoms with Crippen molar-refractivity contribution in [2.75, 3.05) is 31.1 Å². The Bertz CT molecular complexity index is 602. The molecule has 1 aromatic rings. The van der Waals surface area contributed by atoms with Gasteiger partial charge in [0.15, 0.2) is 0 Å². The van der Waals surface area contributed by atoms with Crippen molar-refractivity contribution >= 4 is 17.5 Å². The SMILES string of the molecule is CCc1ccc(N2CC(C(=O)NCC3CNCC3O)CC2=O)cc1. The highest BCUT2D eigenvalue weighted by molar-refractivity contribution is 6.00. The number of nitrogens with one attached hydrogen (secondary N) is 2. The fourth-order valence-electron chi connectivity index (χ4n) is 3.35. The van der Waals surface area contributed by atoms with E-state index in [9.17, 15) is 14.7 Å². The lowest BCUT2D eigenvalue weighted by atomic mass is 10.0. The van der Waals surface area contributed by atoms with Crippen molar-refractivity contribution in [3.05, 3.63) is 29.8 Å². The molecular formula is C18H25N3O3. The molecule has 0 radical (unpaired) electrons. The van der Waals surface area contributed by atoms with E-state index < -0.39 is 6.10 Å². The van der Waals surface area contributed by atoms with Crippen molar-refractivity contribution in [2.24, 2.45) is 11.8 Å². The number of carbonyl (C=O) groups is 2. The molecule has 0 spiro atoms. The monoisotopic (exact) mass is 331 g/mol. The highest BCUT2D eigenvalue weighted by Gasteiger charge is 2.35. The molecule has 0 aliphatic carbocycles. The topological polar surface area (TPSA) is 81.7 Å². The van der Waals surface area contributed by atoms with Gasteiger partial charge in [0.1, 0.15) is 0 Å². The zero-order chi connectivity index (χ0) is 17.1. The summed E-state index contributed by atoms with van der Waals surface area (Å²) in [7, 11) is 0. The third kappa shape index (κ3) is 3.60. The van der Waals surface area contributed by atoms with Gasteiger partial charge in [-0.3, -0.25) is 9.59 Å². The van der Waals surface area contributed by atoms with Crippen molar-refractivity contribution in [1.82, 2.24) is 10.6 Å². The molecule has 24 heavy (non-hydrogen) atoms. The van der Waals surface area contributed by atoms with Crippen LogP contribution in [0.3, 0.4) is 0 Å². The first-order valence-corrected chi connectivity index (χ1v) is 8.64. The molecule has 3 atom stereocenters. The van der Waals surface area contributed by atoms with Crippen LogP contribution in [0.15, 0.2) is 24.3 Å². The fraction of sp³-hybridized carbons (Fsp3) is 0.556. The smallest absolute Gasteiger partial charge is 0.227 e. The van der Waals surface area contributed by atoms with Crippen LogP contribution in [-0.4, -0.2) is 49.2 Å². The van der Waals surface area contributed by atoms with Gasteiger partial charge in [-0.15, -0.1) is 0 Å². The number of β-amino-alcohol motifs (C(OH)–C–C–N with tert-alkyl or cyclic N) is 1. The van der Waals surface area contributed by atoms with Crippen LogP contribution in [0.2, 0.25) is 0 Å². The second kappa shape index (κ2) is 7.32. The molecule has 2 saturated heterocycles. The second-order valence-corrected chi connectivity index (χ2v) is 6.66. The minimum absolute atomic E-state index is 0.0121. The summed E-state index contributed by atoms with van der Waals surface area (Å²) in [6.07, 6.45) is 0.789. The number of nitrogens with zero attached hydrogens (tertiary/aromatic N) is 1. The Hall–Kier alpha value is -1.92. The van der Waals surface area contributed by atoms with Crippen molar-refractivity contribution < 1.29 is 14.7 Å². The lowest BCUT2D eigenvalue weighted by molar-refractivity contribution is -0.126. The molecule has 0 aromatic heterocycles. The Balaban J connectivity index is 1.56. The van der Waals surface area contributed by atoms with Gasteiger partial charge in [-0.25, -0.2) is 0 Å². The normalized spacial score (nSPS) is 26.8. The van der Waals surface area contributed by atoms with E-state index >= 15 is 0 Å². The average molecular weight is 331 g/mol. The van der Waals surface area contributed by atoms with Crippen LogP contribution in [0, 0.1) is 11.8 Å². The summed E-state index contributed by atoms with van der Waals surface area (Å²) in [6, 6.07) is 7.92. The number of aliphatic hydroxyl groups is 1. The Labute approximate surface area is 142 Å². The first-order valence-electron chi connectivity index (χ1n) is 8.64. The van der Waals surface area contributed by atoms with Gasteiger partial charge in [0.2, 0.25) is 11.8 Å². The number of anilines is 1. The zero-order valence-electron chi connectivity index (χ0n) is 14.0. The summed E-state index contributed by atoms with van der Waals surface area (Å²) < 4.78 is 0. The van der Waals surface area contributed by atoms with Gasteiger partial charge in [0.25, 0.3) is 0 Å². The van der Waals surface area contributed by atoms with E-state index in [0.717, 1.165) is 12.1 Å². The van der Waals surface area contributed by atoms with Crippen molar-refractivity contribution in [1.29, 1.82) is 0 Å². The molecule has 1 aromatic carbocycles. The van der Waals surface area contributed by atoms with E-state index in [4.69, 9.17) is 0 Å². The molecule has 130 valence electrons. The summed E-state index contributed by atoms with van der Waals surface area (Å²) in [5, 5.41) is 15.8. The van der Waals surface area contributed by atoms with Gasteiger partial charge in [0, 0.05) is 44.2 Å². The van der Waals surface area contributed by atoms with Gasteiger partial charge in [0.05, 0.1) is 12.0 Å². The lowest BCUT2D eigenvalue weighted by Gasteiger charge is -2.18. The molecule has 0 saturated carbocycles. The molecule has 3 N–H and O–H groups in total. The Kier molecular flexibility index (Phi) is 5.16. The molecule has 0 bridgehead atoms. The largest absolute Gasteiger partial charge is 0.391 e. The van der Waals surface area contributed by atoms with Crippen LogP contribution in [-0.2, 0) is 16.0 Å². The average Bonchev–Trinajstić information content (AvgIpc) is 3.18. The van der Waals surface area contributed by atoms with Crippen LogP contribution in [0.25, 0.3) is 0 Å². The number of aliphatic hydroxyl groups excluding tert-OH is 1. The van der Waals surface area contributed by atoms with Crippen LogP contribution in [0.5, 0.6) is 0 Å². The van der Waals surface area contributed by atoms with Gasteiger partial charge in [-0.05, 0) is 24.1 Å². The highest BCUT2D eigenvalue weighted by Crippen LogP contribution is 2.25. The summed E-state index contributed by atoms with van der Waals surface area (Å²) in [5.41, 5.74) is 2.08. The van der Waals surface area contributed by atoms with Crippen LogP contribution >= 0.6 is 0 Å². The maximum atomic E-state index is 12.3. The minimum Gasteiger partial charge on any atom is -0.391 e. The van der Waals surface area contributed by atoms with Gasteiger partial charge in [-0.1, -0.05) is 19.1 Å². The quantitative estimate of drug-likeness (QED) is 0.725. The minimum atomic E-state index is -0.413. The van der Waals surface area contributed by atoms with Crippen molar-refractivity contribution in [3.8, 4) is 0 Å². The van der Waals surface area contributed by atoms with Crippen molar-refractivity contribution in [2.45, 2.75) is 25.9 Å². The molecule has 2 fully saturated rings. The summed E-state index contributed by atoms with van der Waals surface area (Å²) in [6.45, 7) is 4.24. The number of rotatable bonds is 5. The van der Waals surface area contributed by atoms with E-state index in [1.165, 1.54) is 5.56 Å². The Morgan fingerprint density at radius 3 is 2.71 bits per heavy atom. The first-order chi connectivity index (χ1) is 11.6. The van der Waals surface area contributed by atoms with Gasteiger partial charge in [-0.2, -0.15) is 0 Å². The molecule has 2 aliphatic heterocycles. The molecular weight excluding hydrogens is 306 g/mol. The van der Waals surface area contributed by atoms with Gasteiger partial charge >= 0.3 is 0 Å². The van der Waals surface area contributed by atoms with E-state index in [1.807, 2.05) is 24.3 Å². The standard InChI is InChI=1S/C18H25N3O3/c1-2-12-3-5-15(6-4-12)21-11-13(7-17(21)23)18(24)20-9-14-8-19-10-16(14)22/h3-6,13-14,16,19,22H,2,7-11H2,1H3,(H,20,24). The van der Waals surface area contributed by atoms with Crippen LogP contribution < -0.4 is 15.5 Å². The molecule has 6 heteroatoms. The maximum absolute atomic E-state index is 12.3. The number of amides is 2. The number of hydrogen-bond acceptors (Lipinski definition) is 4. The third-order valence-corrected chi connectivity index (χ3v) is 4.99. The molecule has 2 amide bonds. The first kappa shape index (κ1) is 16.9. The maximum Gasteiger partial charge on any atom is 0.227 e. The summed E-state index contributed by atoms with van der Waals surface area (Å²) in [4.78, 5) is 26.3. The van der Waals surface area contributed by atoms with E-state index in [-0.39, 0.29) is 30.1 Å². The molecule has 3 rings (SSSR count). The summed E-state index contributed by atoms with van der Waals surface area (Å²) >= 11 is 0. The molecule has 2 aliphatic rings. The predicted molar refractivity (Wildman–Crippen MR) is 91.7 cm³/mol. The Morgan fingerprint density at radius 1 is 1.33 bits per heavy atom. The highest BCUT2D eigenvalue weighted by atomic mass is 16.3. The number of hydrogen-bond donors (Lipinski definition) is 3. The second-order valence-electron chi connectivity index (χ2n) is 6.66. The molecule has 6 nitrogen and oxygen atoms in total. The predicted octanol–water partition coefficient (Wildman–Crippen LogP) is 0.298. The number of aryl methyl sites for hydroxylation is 1. The van der Waals surface area contributed by atoms with E-state index in [0.29, 0.717) is 26.2 Å². The molecule has 3 unspecified atom stereocenters. The van der Waals surface area contributed by atoms with Crippen LogP contribution in [0.4, 0.5) is 5.69 Å². The van der Waals surface area contributed by atoms with E-state index in [1.54, 1.807) is 4.90 Å².